The van der Waals surface area contributed by atoms with Crippen molar-refractivity contribution in [3.8, 4) is 0 Å². The highest BCUT2D eigenvalue weighted by Gasteiger charge is 2.28. The molecule has 2 rings (SSSR count). The SMILES string of the molecule is C[C@H](NC(=O)N[C@@H](c1ccccc1)C1CCCC1)C(=O)NCCF. The van der Waals surface area contributed by atoms with Crippen LogP contribution >= 0.6 is 0 Å². The monoisotopic (exact) mass is 335 g/mol. The molecule has 24 heavy (non-hydrogen) atoms. The van der Waals surface area contributed by atoms with Gasteiger partial charge in [-0.25, -0.2) is 9.18 Å². The first kappa shape index (κ1) is 18.2. The van der Waals surface area contributed by atoms with Crippen molar-refractivity contribution in [3.63, 3.8) is 0 Å². The first-order chi connectivity index (χ1) is 11.6. The van der Waals surface area contributed by atoms with E-state index in [4.69, 9.17) is 0 Å². The van der Waals surface area contributed by atoms with E-state index in [1.54, 1.807) is 6.92 Å². The molecule has 2 atom stereocenters. The van der Waals surface area contributed by atoms with Crippen LogP contribution in [0.2, 0.25) is 0 Å². The number of alkyl halides is 1. The third kappa shape index (κ3) is 5.22. The van der Waals surface area contributed by atoms with Gasteiger partial charge in [0.2, 0.25) is 5.91 Å². The summed E-state index contributed by atoms with van der Waals surface area (Å²) in [5.41, 5.74) is 1.08. The second kappa shape index (κ2) is 9.25. The van der Waals surface area contributed by atoms with Gasteiger partial charge in [-0.3, -0.25) is 4.79 Å². The van der Waals surface area contributed by atoms with Gasteiger partial charge in [-0.1, -0.05) is 43.2 Å². The zero-order chi connectivity index (χ0) is 17.4. The Bertz CT molecular complexity index is 532. The number of hydrogen-bond acceptors (Lipinski definition) is 2. The molecule has 3 N–H and O–H groups in total. The quantitative estimate of drug-likeness (QED) is 0.717. The summed E-state index contributed by atoms with van der Waals surface area (Å²) in [5.74, 6) is 0.0220. The number of hydrogen-bond donors (Lipinski definition) is 3. The molecule has 6 heteroatoms. The number of amides is 3. The summed E-state index contributed by atoms with van der Waals surface area (Å²) < 4.78 is 12.1. The maximum absolute atomic E-state index is 12.3. The van der Waals surface area contributed by atoms with Crippen molar-refractivity contribution in [1.29, 1.82) is 0 Å². The summed E-state index contributed by atoms with van der Waals surface area (Å²) >= 11 is 0. The molecular weight excluding hydrogens is 309 g/mol. The van der Waals surface area contributed by atoms with Crippen LogP contribution in [0.5, 0.6) is 0 Å². The number of carbonyl (C=O) groups is 2. The zero-order valence-corrected chi connectivity index (χ0v) is 14.1. The highest BCUT2D eigenvalue weighted by atomic mass is 19.1. The van der Waals surface area contributed by atoms with Crippen LogP contribution in [0.25, 0.3) is 0 Å². The standard InChI is InChI=1S/C18H26FN3O2/c1-13(17(23)20-12-11-19)21-18(24)22-16(15-9-5-6-10-15)14-7-3-2-4-8-14/h2-4,7-8,13,15-16H,5-6,9-12H2,1H3,(H,20,23)(H2,21,22,24)/t13-,16-/m0/s1. The van der Waals surface area contributed by atoms with Crippen molar-refractivity contribution in [1.82, 2.24) is 16.0 Å². The molecule has 0 aromatic heterocycles. The fraction of sp³-hybridized carbons (Fsp3) is 0.556. The smallest absolute Gasteiger partial charge is 0.315 e. The molecule has 0 aliphatic heterocycles. The molecule has 1 aromatic rings. The second-order valence-corrected chi connectivity index (χ2v) is 6.25. The Kier molecular flexibility index (Phi) is 7.03. The summed E-state index contributed by atoms with van der Waals surface area (Å²) in [5, 5.41) is 8.06. The lowest BCUT2D eigenvalue weighted by atomic mass is 9.92. The summed E-state index contributed by atoms with van der Waals surface area (Å²) in [6, 6.07) is 8.76. The maximum atomic E-state index is 12.3. The molecule has 1 saturated carbocycles. The lowest BCUT2D eigenvalue weighted by molar-refractivity contribution is -0.122. The van der Waals surface area contributed by atoms with E-state index >= 15 is 0 Å². The van der Waals surface area contributed by atoms with Crippen LogP contribution < -0.4 is 16.0 Å². The molecule has 0 spiro atoms. The van der Waals surface area contributed by atoms with Gasteiger partial charge in [0, 0.05) is 6.54 Å². The van der Waals surface area contributed by atoms with Crippen molar-refractivity contribution in [2.75, 3.05) is 13.2 Å². The maximum Gasteiger partial charge on any atom is 0.315 e. The molecule has 1 aliphatic carbocycles. The summed E-state index contributed by atoms with van der Waals surface area (Å²) in [4.78, 5) is 24.0. The molecule has 3 amide bonds. The fourth-order valence-corrected chi connectivity index (χ4v) is 3.19. The van der Waals surface area contributed by atoms with E-state index in [1.807, 2.05) is 30.3 Å². The van der Waals surface area contributed by atoms with Gasteiger partial charge in [-0.15, -0.1) is 0 Å². The minimum Gasteiger partial charge on any atom is -0.352 e. The van der Waals surface area contributed by atoms with E-state index in [9.17, 15) is 14.0 Å². The van der Waals surface area contributed by atoms with Gasteiger partial charge in [0.05, 0.1) is 6.04 Å². The lowest BCUT2D eigenvalue weighted by Crippen LogP contribution is -2.50. The number of rotatable bonds is 7. The Morgan fingerprint density at radius 3 is 2.46 bits per heavy atom. The third-order valence-electron chi connectivity index (χ3n) is 4.45. The molecule has 0 radical (unpaired) electrons. The van der Waals surface area contributed by atoms with Gasteiger partial charge >= 0.3 is 6.03 Å². The van der Waals surface area contributed by atoms with E-state index in [0.29, 0.717) is 5.92 Å². The highest BCUT2D eigenvalue weighted by Crippen LogP contribution is 2.35. The van der Waals surface area contributed by atoms with Crippen molar-refractivity contribution in [2.45, 2.75) is 44.7 Å². The first-order valence-electron chi connectivity index (χ1n) is 8.57. The Hall–Kier alpha value is -2.11. The molecule has 1 fully saturated rings. The van der Waals surface area contributed by atoms with Crippen molar-refractivity contribution in [3.05, 3.63) is 35.9 Å². The van der Waals surface area contributed by atoms with Crippen LogP contribution in [0.15, 0.2) is 30.3 Å². The Morgan fingerprint density at radius 2 is 1.83 bits per heavy atom. The highest BCUT2D eigenvalue weighted by molar-refractivity contribution is 5.86. The van der Waals surface area contributed by atoms with Gasteiger partial charge in [-0.05, 0) is 31.2 Å². The average Bonchev–Trinajstić information content (AvgIpc) is 3.12. The lowest BCUT2D eigenvalue weighted by Gasteiger charge is -2.26. The van der Waals surface area contributed by atoms with Gasteiger partial charge in [0.1, 0.15) is 12.7 Å². The number of halogens is 1. The van der Waals surface area contributed by atoms with Crippen LogP contribution in [-0.2, 0) is 4.79 Å². The Morgan fingerprint density at radius 1 is 1.17 bits per heavy atom. The normalized spacial score (nSPS) is 17.1. The number of benzene rings is 1. The largest absolute Gasteiger partial charge is 0.352 e. The second-order valence-electron chi connectivity index (χ2n) is 6.25. The van der Waals surface area contributed by atoms with E-state index in [1.165, 1.54) is 12.8 Å². The molecule has 0 saturated heterocycles. The number of urea groups is 1. The van der Waals surface area contributed by atoms with Gasteiger partial charge < -0.3 is 16.0 Å². The topological polar surface area (TPSA) is 70.2 Å². The average molecular weight is 335 g/mol. The summed E-state index contributed by atoms with van der Waals surface area (Å²) in [6.07, 6.45) is 4.54. The third-order valence-corrected chi connectivity index (χ3v) is 4.45. The van der Waals surface area contributed by atoms with Gasteiger partial charge in [-0.2, -0.15) is 0 Å². The van der Waals surface area contributed by atoms with Crippen LogP contribution in [0, 0.1) is 5.92 Å². The molecular formula is C18H26FN3O2. The van der Waals surface area contributed by atoms with Crippen LogP contribution in [-0.4, -0.2) is 31.2 Å². The Labute approximate surface area is 142 Å². The van der Waals surface area contributed by atoms with Gasteiger partial charge in [0.25, 0.3) is 0 Å². The zero-order valence-electron chi connectivity index (χ0n) is 14.1. The number of nitrogens with one attached hydrogen (secondary N) is 3. The molecule has 132 valence electrons. The fourth-order valence-electron chi connectivity index (χ4n) is 3.19. The molecule has 0 unspecified atom stereocenters. The number of carbonyl (C=O) groups excluding carboxylic acids is 2. The van der Waals surface area contributed by atoms with Gasteiger partial charge in [0.15, 0.2) is 0 Å². The van der Waals surface area contributed by atoms with E-state index in [-0.39, 0.29) is 24.5 Å². The van der Waals surface area contributed by atoms with E-state index in [0.717, 1.165) is 18.4 Å². The van der Waals surface area contributed by atoms with Crippen molar-refractivity contribution in [2.24, 2.45) is 5.92 Å². The molecule has 0 heterocycles. The first-order valence-corrected chi connectivity index (χ1v) is 8.57. The molecule has 1 aromatic carbocycles. The summed E-state index contributed by atoms with van der Waals surface area (Å²) in [6.45, 7) is 0.920. The molecule has 5 nitrogen and oxygen atoms in total. The van der Waals surface area contributed by atoms with Crippen molar-refractivity contribution < 1.29 is 14.0 Å². The van der Waals surface area contributed by atoms with E-state index < -0.39 is 12.7 Å². The minimum atomic E-state index is -0.712. The molecule has 0 bridgehead atoms. The summed E-state index contributed by atoms with van der Waals surface area (Å²) in [7, 11) is 0. The van der Waals surface area contributed by atoms with Crippen LogP contribution in [0.4, 0.5) is 9.18 Å². The minimum absolute atomic E-state index is 0.0405. The predicted octanol–water partition coefficient (Wildman–Crippen LogP) is 2.69. The predicted molar refractivity (Wildman–Crippen MR) is 91.3 cm³/mol. The van der Waals surface area contributed by atoms with E-state index in [2.05, 4.69) is 16.0 Å². The Balaban J connectivity index is 1.96. The van der Waals surface area contributed by atoms with Crippen LogP contribution in [0.1, 0.15) is 44.2 Å². The van der Waals surface area contributed by atoms with Crippen molar-refractivity contribution >= 4 is 11.9 Å². The van der Waals surface area contributed by atoms with Crippen LogP contribution in [0.3, 0.4) is 0 Å². The molecule has 1 aliphatic rings.